The summed E-state index contributed by atoms with van der Waals surface area (Å²) in [4.78, 5) is 29.8. The van der Waals surface area contributed by atoms with Crippen LogP contribution in [0.5, 0.6) is 0 Å². The van der Waals surface area contributed by atoms with Gasteiger partial charge >= 0.3 is 12.1 Å². The quantitative estimate of drug-likeness (QED) is 0.651. The number of fused-ring (bicyclic) bond motifs is 3. The SMILES string of the molecule is O=C(O)c1cnc(C2CCCCN2C(=O)OCC2c3ccccc3-c3ccccc32)o1. The number of benzene rings is 2. The third-order valence-corrected chi connectivity index (χ3v) is 6.09. The highest BCUT2D eigenvalue weighted by Crippen LogP contribution is 2.44. The van der Waals surface area contributed by atoms with Gasteiger partial charge in [-0.15, -0.1) is 0 Å². The van der Waals surface area contributed by atoms with Crippen LogP contribution in [0.1, 0.15) is 58.8 Å². The number of ether oxygens (including phenoxy) is 1. The predicted molar refractivity (Wildman–Crippen MR) is 112 cm³/mol. The van der Waals surface area contributed by atoms with E-state index in [1.54, 1.807) is 4.90 Å². The molecule has 7 nitrogen and oxygen atoms in total. The number of nitrogens with zero attached hydrogens (tertiary/aromatic N) is 2. The van der Waals surface area contributed by atoms with Crippen LogP contribution in [0.2, 0.25) is 0 Å². The summed E-state index contributed by atoms with van der Waals surface area (Å²) in [7, 11) is 0. The monoisotopic (exact) mass is 418 g/mol. The Labute approximate surface area is 179 Å². The normalized spacial score (nSPS) is 17.8. The average Bonchev–Trinajstić information content (AvgIpc) is 3.41. The van der Waals surface area contributed by atoms with Crippen LogP contribution in [0, 0.1) is 0 Å². The van der Waals surface area contributed by atoms with E-state index >= 15 is 0 Å². The average molecular weight is 418 g/mol. The minimum absolute atomic E-state index is 0.0139. The number of rotatable bonds is 4. The van der Waals surface area contributed by atoms with Gasteiger partial charge in [0.05, 0.1) is 6.20 Å². The highest BCUT2D eigenvalue weighted by atomic mass is 16.6. The molecule has 1 unspecified atom stereocenters. The van der Waals surface area contributed by atoms with Crippen molar-refractivity contribution in [2.24, 2.45) is 0 Å². The molecule has 0 saturated carbocycles. The molecule has 1 N–H and O–H groups in total. The van der Waals surface area contributed by atoms with Crippen LogP contribution >= 0.6 is 0 Å². The first-order chi connectivity index (χ1) is 15.1. The van der Waals surface area contributed by atoms with E-state index in [4.69, 9.17) is 14.3 Å². The van der Waals surface area contributed by atoms with E-state index in [1.165, 1.54) is 17.3 Å². The lowest BCUT2D eigenvalue weighted by Gasteiger charge is -2.33. The molecule has 1 aromatic heterocycles. The molecule has 1 saturated heterocycles. The van der Waals surface area contributed by atoms with Crippen LogP contribution in [0.4, 0.5) is 4.79 Å². The van der Waals surface area contributed by atoms with Gasteiger partial charge in [0.1, 0.15) is 12.6 Å². The van der Waals surface area contributed by atoms with Crippen LogP contribution in [0.3, 0.4) is 0 Å². The van der Waals surface area contributed by atoms with Gasteiger partial charge in [-0.05, 0) is 41.5 Å². The van der Waals surface area contributed by atoms with E-state index in [2.05, 4.69) is 29.2 Å². The molecule has 2 aromatic carbocycles. The molecule has 31 heavy (non-hydrogen) atoms. The summed E-state index contributed by atoms with van der Waals surface area (Å²) < 4.78 is 11.2. The fourth-order valence-corrected chi connectivity index (χ4v) is 4.62. The smallest absolute Gasteiger partial charge is 0.410 e. The van der Waals surface area contributed by atoms with E-state index in [0.29, 0.717) is 13.0 Å². The molecular formula is C24H22N2O5. The van der Waals surface area contributed by atoms with Crippen molar-refractivity contribution in [1.29, 1.82) is 0 Å². The van der Waals surface area contributed by atoms with Crippen molar-refractivity contribution in [3.8, 4) is 11.1 Å². The molecule has 0 bridgehead atoms. The number of amides is 1. The Morgan fingerprint density at radius 3 is 2.39 bits per heavy atom. The van der Waals surface area contributed by atoms with Crippen molar-refractivity contribution in [2.45, 2.75) is 31.2 Å². The lowest BCUT2D eigenvalue weighted by atomic mass is 9.98. The summed E-state index contributed by atoms with van der Waals surface area (Å²) in [5.74, 6) is -1.18. The van der Waals surface area contributed by atoms with Gasteiger partial charge < -0.3 is 14.3 Å². The molecule has 1 aliphatic heterocycles. The van der Waals surface area contributed by atoms with Gasteiger partial charge in [0.2, 0.25) is 11.7 Å². The van der Waals surface area contributed by atoms with Crippen molar-refractivity contribution in [3.05, 3.63) is 77.5 Å². The molecule has 1 aliphatic carbocycles. The van der Waals surface area contributed by atoms with Gasteiger partial charge in [-0.1, -0.05) is 48.5 Å². The van der Waals surface area contributed by atoms with Crippen molar-refractivity contribution < 1.29 is 23.8 Å². The highest BCUT2D eigenvalue weighted by molar-refractivity contribution is 5.83. The molecule has 5 rings (SSSR count). The molecular weight excluding hydrogens is 396 g/mol. The van der Waals surface area contributed by atoms with Gasteiger partial charge in [-0.3, -0.25) is 4.90 Å². The number of aromatic nitrogens is 1. The first-order valence-corrected chi connectivity index (χ1v) is 10.4. The number of piperidine rings is 1. The number of hydrogen-bond acceptors (Lipinski definition) is 5. The summed E-state index contributed by atoms with van der Waals surface area (Å²) in [6.45, 7) is 0.758. The molecule has 7 heteroatoms. The van der Waals surface area contributed by atoms with Crippen molar-refractivity contribution in [2.75, 3.05) is 13.2 Å². The van der Waals surface area contributed by atoms with Crippen LogP contribution < -0.4 is 0 Å². The van der Waals surface area contributed by atoms with E-state index in [-0.39, 0.29) is 24.2 Å². The summed E-state index contributed by atoms with van der Waals surface area (Å²) >= 11 is 0. The van der Waals surface area contributed by atoms with Crippen molar-refractivity contribution in [3.63, 3.8) is 0 Å². The third kappa shape index (κ3) is 3.46. The fraction of sp³-hybridized carbons (Fsp3) is 0.292. The number of hydrogen-bond donors (Lipinski definition) is 1. The second kappa shape index (κ2) is 7.91. The lowest BCUT2D eigenvalue weighted by molar-refractivity contribution is 0.0602. The minimum Gasteiger partial charge on any atom is -0.475 e. The van der Waals surface area contributed by atoms with E-state index < -0.39 is 18.1 Å². The molecule has 1 amide bonds. The zero-order valence-corrected chi connectivity index (χ0v) is 16.9. The predicted octanol–water partition coefficient (Wildman–Crippen LogP) is 4.85. The maximum atomic E-state index is 13.0. The number of carboxylic acid groups (broad SMARTS) is 1. The lowest BCUT2D eigenvalue weighted by Crippen LogP contribution is -2.39. The van der Waals surface area contributed by atoms with Crippen LogP contribution in [-0.4, -0.2) is 40.2 Å². The van der Waals surface area contributed by atoms with Crippen molar-refractivity contribution >= 4 is 12.1 Å². The molecule has 2 aliphatic rings. The zero-order valence-electron chi connectivity index (χ0n) is 16.9. The van der Waals surface area contributed by atoms with E-state index in [0.717, 1.165) is 24.0 Å². The highest BCUT2D eigenvalue weighted by Gasteiger charge is 2.35. The number of carboxylic acids is 1. The summed E-state index contributed by atoms with van der Waals surface area (Å²) in [6, 6.07) is 16.0. The Bertz CT molecular complexity index is 1090. The van der Waals surface area contributed by atoms with Gasteiger partial charge in [-0.2, -0.15) is 0 Å². The van der Waals surface area contributed by atoms with Gasteiger partial charge in [0.15, 0.2) is 0 Å². The molecule has 1 atom stereocenters. The molecule has 2 heterocycles. The maximum Gasteiger partial charge on any atom is 0.410 e. The van der Waals surface area contributed by atoms with Gasteiger partial charge in [0.25, 0.3) is 0 Å². The standard InChI is InChI=1S/C24H22N2O5/c27-23(28)21-13-25-22(31-21)20-11-5-6-12-26(20)24(29)30-14-19-17-9-3-1-7-15(17)16-8-2-4-10-18(16)19/h1-4,7-10,13,19-20H,5-6,11-12,14H2,(H,27,28). The first kappa shape index (κ1) is 19.4. The number of aromatic carboxylic acids is 1. The Balaban J connectivity index is 1.34. The third-order valence-electron chi connectivity index (χ3n) is 6.09. The Hall–Kier alpha value is -3.61. The maximum absolute atomic E-state index is 13.0. The van der Waals surface area contributed by atoms with Crippen LogP contribution in [0.25, 0.3) is 11.1 Å². The number of likely N-dealkylation sites (tertiary alicyclic amines) is 1. The van der Waals surface area contributed by atoms with E-state index in [1.807, 2.05) is 24.3 Å². The summed E-state index contributed by atoms with van der Waals surface area (Å²) in [5, 5.41) is 9.10. The zero-order chi connectivity index (χ0) is 21.4. The molecule has 0 radical (unpaired) electrons. The molecule has 158 valence electrons. The minimum atomic E-state index is -1.18. The van der Waals surface area contributed by atoms with Crippen LogP contribution in [-0.2, 0) is 4.74 Å². The van der Waals surface area contributed by atoms with Gasteiger partial charge in [-0.25, -0.2) is 14.6 Å². The van der Waals surface area contributed by atoms with E-state index in [9.17, 15) is 9.59 Å². The Morgan fingerprint density at radius 1 is 1.06 bits per heavy atom. The van der Waals surface area contributed by atoms with Gasteiger partial charge in [0, 0.05) is 12.5 Å². The molecule has 3 aromatic rings. The second-order valence-electron chi connectivity index (χ2n) is 7.88. The van der Waals surface area contributed by atoms with Crippen molar-refractivity contribution in [1.82, 2.24) is 9.88 Å². The second-order valence-corrected chi connectivity index (χ2v) is 7.88. The first-order valence-electron chi connectivity index (χ1n) is 10.4. The molecule has 0 spiro atoms. The largest absolute Gasteiger partial charge is 0.475 e. The fourth-order valence-electron chi connectivity index (χ4n) is 4.62. The molecule has 1 fully saturated rings. The Kier molecular flexibility index (Phi) is 4.94. The van der Waals surface area contributed by atoms with Crippen LogP contribution in [0.15, 0.2) is 59.1 Å². The number of carbonyl (C=O) groups is 2. The Morgan fingerprint density at radius 2 is 1.74 bits per heavy atom. The topological polar surface area (TPSA) is 92.9 Å². The summed E-state index contributed by atoms with van der Waals surface area (Å²) in [5.41, 5.74) is 4.67. The summed E-state index contributed by atoms with van der Waals surface area (Å²) in [6.07, 6.45) is 3.17. The number of carbonyl (C=O) groups excluding carboxylic acids is 1. The number of oxazole rings is 1.